The van der Waals surface area contributed by atoms with Crippen molar-refractivity contribution < 1.29 is 19.1 Å². The first kappa shape index (κ1) is 23.5. The molecular formula is C24H15BrClIN2O4. The van der Waals surface area contributed by atoms with E-state index in [9.17, 15) is 14.4 Å². The molecule has 0 spiro atoms. The van der Waals surface area contributed by atoms with Gasteiger partial charge < -0.3 is 4.74 Å². The summed E-state index contributed by atoms with van der Waals surface area (Å²) >= 11 is 11.4. The highest BCUT2D eigenvalue weighted by Gasteiger charge is 2.36. The molecule has 0 aromatic heterocycles. The first-order valence-electron chi connectivity index (χ1n) is 9.65. The molecule has 1 N–H and O–H groups in total. The van der Waals surface area contributed by atoms with Crippen LogP contribution in [0.15, 0.2) is 76.8 Å². The normalized spacial score (nSPS) is 15.1. The van der Waals surface area contributed by atoms with Crippen molar-refractivity contribution in [2.75, 3.05) is 4.90 Å². The molecule has 0 saturated carbocycles. The maximum Gasteiger partial charge on any atom is 0.335 e. The van der Waals surface area contributed by atoms with Crippen molar-refractivity contribution in [1.29, 1.82) is 0 Å². The number of hydrogen-bond donors (Lipinski definition) is 1. The molecule has 0 bridgehead atoms. The van der Waals surface area contributed by atoms with Gasteiger partial charge in [-0.2, -0.15) is 0 Å². The van der Waals surface area contributed by atoms with Crippen LogP contribution in [0.25, 0.3) is 6.08 Å². The van der Waals surface area contributed by atoms with Gasteiger partial charge >= 0.3 is 6.03 Å². The van der Waals surface area contributed by atoms with E-state index in [4.69, 9.17) is 16.3 Å². The predicted octanol–water partition coefficient (Wildman–Crippen LogP) is 5.95. The van der Waals surface area contributed by atoms with E-state index in [1.165, 1.54) is 18.2 Å². The Morgan fingerprint density at radius 2 is 1.70 bits per heavy atom. The van der Waals surface area contributed by atoms with Crippen LogP contribution in [0, 0.1) is 3.57 Å². The van der Waals surface area contributed by atoms with E-state index >= 15 is 0 Å². The van der Waals surface area contributed by atoms with Gasteiger partial charge in [-0.15, -0.1) is 0 Å². The van der Waals surface area contributed by atoms with E-state index in [-0.39, 0.29) is 5.57 Å². The Morgan fingerprint density at radius 1 is 1.00 bits per heavy atom. The molecule has 1 fully saturated rings. The highest BCUT2D eigenvalue weighted by Crippen LogP contribution is 2.27. The lowest BCUT2D eigenvalue weighted by molar-refractivity contribution is -0.122. The standard InChI is InChI=1S/C24H15BrClIN2O4/c25-16-4-1-14(2-5-16)13-33-21-10-3-15(12-20(21)27)11-19-22(30)28-24(32)29(23(19)31)18-8-6-17(26)7-9-18/h1-12H,13H2,(H,28,30,32)/b19-11+. The zero-order valence-electron chi connectivity index (χ0n) is 16.8. The minimum atomic E-state index is -0.809. The molecule has 33 heavy (non-hydrogen) atoms. The summed E-state index contributed by atoms with van der Waals surface area (Å²) < 4.78 is 7.70. The van der Waals surface area contributed by atoms with Crippen molar-refractivity contribution >= 4 is 79.7 Å². The Hall–Kier alpha value is -2.69. The summed E-state index contributed by atoms with van der Waals surface area (Å²) in [6.45, 7) is 0.406. The molecule has 0 aliphatic carbocycles. The lowest BCUT2D eigenvalue weighted by Gasteiger charge is -2.26. The zero-order chi connectivity index (χ0) is 23.5. The fourth-order valence-electron chi connectivity index (χ4n) is 3.11. The van der Waals surface area contributed by atoms with Crippen LogP contribution in [-0.2, 0) is 16.2 Å². The summed E-state index contributed by atoms with van der Waals surface area (Å²) in [7, 11) is 0. The maximum absolute atomic E-state index is 13.0. The zero-order valence-corrected chi connectivity index (χ0v) is 21.3. The second-order valence-corrected chi connectivity index (χ2v) is 9.55. The summed E-state index contributed by atoms with van der Waals surface area (Å²) in [5.41, 5.74) is 1.81. The number of amides is 4. The van der Waals surface area contributed by atoms with Crippen LogP contribution in [0.4, 0.5) is 10.5 Å². The van der Waals surface area contributed by atoms with Gasteiger partial charge in [-0.3, -0.25) is 14.9 Å². The van der Waals surface area contributed by atoms with Crippen molar-refractivity contribution in [1.82, 2.24) is 5.32 Å². The molecule has 3 aromatic carbocycles. The van der Waals surface area contributed by atoms with Crippen LogP contribution in [0.3, 0.4) is 0 Å². The fraction of sp³-hybridized carbons (Fsp3) is 0.0417. The van der Waals surface area contributed by atoms with E-state index < -0.39 is 17.8 Å². The molecule has 1 heterocycles. The molecule has 1 aliphatic rings. The fourth-order valence-corrected chi connectivity index (χ4v) is 4.20. The third-order valence-corrected chi connectivity index (χ3v) is 6.38. The van der Waals surface area contributed by atoms with Crippen molar-refractivity contribution in [3.63, 3.8) is 0 Å². The predicted molar refractivity (Wildman–Crippen MR) is 138 cm³/mol. The van der Waals surface area contributed by atoms with Gasteiger partial charge in [0.2, 0.25) is 0 Å². The van der Waals surface area contributed by atoms with Gasteiger partial charge in [0.05, 0.1) is 9.26 Å². The number of nitrogens with one attached hydrogen (secondary N) is 1. The van der Waals surface area contributed by atoms with Crippen LogP contribution in [0.5, 0.6) is 5.75 Å². The number of nitrogens with zero attached hydrogens (tertiary/aromatic N) is 1. The summed E-state index contributed by atoms with van der Waals surface area (Å²) in [5.74, 6) is -0.782. The number of benzene rings is 3. The molecule has 9 heteroatoms. The average molecular weight is 638 g/mol. The monoisotopic (exact) mass is 636 g/mol. The smallest absolute Gasteiger partial charge is 0.335 e. The van der Waals surface area contributed by atoms with Gasteiger partial charge in [0, 0.05) is 9.50 Å². The Balaban J connectivity index is 1.55. The summed E-state index contributed by atoms with van der Waals surface area (Å²) in [5, 5.41) is 2.67. The van der Waals surface area contributed by atoms with Crippen molar-refractivity contribution in [2.45, 2.75) is 6.61 Å². The third kappa shape index (κ3) is 5.45. The third-order valence-electron chi connectivity index (χ3n) is 4.76. The molecule has 0 unspecified atom stereocenters. The Bertz CT molecular complexity index is 1280. The summed E-state index contributed by atoms with van der Waals surface area (Å²) in [4.78, 5) is 38.6. The Kier molecular flexibility index (Phi) is 7.16. The van der Waals surface area contributed by atoms with Crippen molar-refractivity contribution in [3.8, 4) is 5.75 Å². The van der Waals surface area contributed by atoms with Crippen LogP contribution in [0.2, 0.25) is 5.02 Å². The molecule has 0 radical (unpaired) electrons. The molecule has 1 saturated heterocycles. The maximum atomic E-state index is 13.0. The van der Waals surface area contributed by atoms with E-state index in [2.05, 4.69) is 43.8 Å². The van der Waals surface area contributed by atoms with E-state index in [0.29, 0.717) is 28.6 Å². The molecule has 6 nitrogen and oxygen atoms in total. The first-order chi connectivity index (χ1) is 15.8. The Labute approximate surface area is 216 Å². The number of hydrogen-bond acceptors (Lipinski definition) is 4. The summed E-state index contributed by atoms with van der Waals surface area (Å²) in [6.07, 6.45) is 1.45. The van der Waals surface area contributed by atoms with E-state index in [0.717, 1.165) is 18.5 Å². The van der Waals surface area contributed by atoms with Crippen LogP contribution in [-0.4, -0.2) is 17.8 Å². The summed E-state index contributed by atoms with van der Waals surface area (Å²) in [6, 6.07) is 18.5. The number of anilines is 1. The number of urea groups is 1. The molecule has 1 aliphatic heterocycles. The number of halogens is 3. The number of ether oxygens (including phenoxy) is 1. The number of rotatable bonds is 5. The van der Waals surface area contributed by atoms with Gasteiger partial charge in [-0.05, 0) is 88.3 Å². The largest absolute Gasteiger partial charge is 0.488 e. The molecule has 0 atom stereocenters. The molecule has 166 valence electrons. The number of imide groups is 2. The number of carbonyl (C=O) groups excluding carboxylic acids is 3. The van der Waals surface area contributed by atoms with Gasteiger partial charge in [0.25, 0.3) is 11.8 Å². The number of barbiturate groups is 1. The highest BCUT2D eigenvalue weighted by atomic mass is 127. The SMILES string of the molecule is O=C1NC(=O)N(c2ccc(Cl)cc2)C(=O)/C1=C/c1ccc(OCc2ccc(Br)cc2)c(I)c1. The highest BCUT2D eigenvalue weighted by molar-refractivity contribution is 14.1. The molecule has 3 aromatic rings. The minimum Gasteiger partial charge on any atom is -0.488 e. The minimum absolute atomic E-state index is 0.149. The van der Waals surface area contributed by atoms with E-state index in [1.807, 2.05) is 24.3 Å². The first-order valence-corrected chi connectivity index (χ1v) is 11.9. The van der Waals surface area contributed by atoms with E-state index in [1.54, 1.807) is 30.3 Å². The van der Waals surface area contributed by atoms with Gasteiger partial charge in [0.1, 0.15) is 17.9 Å². The van der Waals surface area contributed by atoms with Gasteiger partial charge in [-0.1, -0.05) is 45.7 Å². The number of carbonyl (C=O) groups is 3. The Morgan fingerprint density at radius 3 is 2.36 bits per heavy atom. The van der Waals surface area contributed by atoms with Gasteiger partial charge in [-0.25, -0.2) is 9.69 Å². The average Bonchev–Trinajstić information content (AvgIpc) is 2.78. The topological polar surface area (TPSA) is 75.7 Å². The van der Waals surface area contributed by atoms with Crippen LogP contribution < -0.4 is 15.0 Å². The lowest BCUT2D eigenvalue weighted by Crippen LogP contribution is -2.54. The molecule has 4 rings (SSSR count). The van der Waals surface area contributed by atoms with Crippen LogP contribution in [0.1, 0.15) is 11.1 Å². The molecule has 4 amide bonds. The quantitative estimate of drug-likeness (QED) is 0.213. The lowest BCUT2D eigenvalue weighted by atomic mass is 10.1. The second kappa shape index (κ2) is 10.1. The van der Waals surface area contributed by atoms with Crippen molar-refractivity contribution in [3.05, 3.63) is 96.5 Å². The second-order valence-electron chi connectivity index (χ2n) is 7.04. The van der Waals surface area contributed by atoms with Crippen LogP contribution >= 0.6 is 50.1 Å². The molecular weight excluding hydrogens is 623 g/mol. The van der Waals surface area contributed by atoms with Gasteiger partial charge in [0.15, 0.2) is 0 Å². The van der Waals surface area contributed by atoms with Crippen molar-refractivity contribution in [2.24, 2.45) is 0 Å².